The first-order valence-electron chi connectivity index (χ1n) is 5.19. The van der Waals surface area contributed by atoms with Crippen LogP contribution in [0.5, 0.6) is 0 Å². The van der Waals surface area contributed by atoms with Gasteiger partial charge in [-0.25, -0.2) is 5.43 Å². The van der Waals surface area contributed by atoms with Crippen LogP contribution < -0.4 is 5.43 Å². The third-order valence-electron chi connectivity index (χ3n) is 2.27. The summed E-state index contributed by atoms with van der Waals surface area (Å²) in [5, 5.41) is 4.58. The summed E-state index contributed by atoms with van der Waals surface area (Å²) in [7, 11) is 0. The minimum Gasteiger partial charge on any atom is -0.472 e. The van der Waals surface area contributed by atoms with E-state index in [0.29, 0.717) is 16.6 Å². The van der Waals surface area contributed by atoms with Crippen LogP contribution in [0.2, 0.25) is 5.02 Å². The van der Waals surface area contributed by atoms with E-state index in [2.05, 4.69) is 15.5 Å². The van der Waals surface area contributed by atoms with Crippen molar-refractivity contribution in [3.63, 3.8) is 0 Å². The van der Waals surface area contributed by atoms with Crippen molar-refractivity contribution in [1.82, 2.24) is 4.98 Å². The van der Waals surface area contributed by atoms with Crippen molar-refractivity contribution < 1.29 is 8.83 Å². The number of benzene rings is 1. The summed E-state index contributed by atoms with van der Waals surface area (Å²) < 4.78 is 10.3. The standard InChI is InChI=1S/C12H8ClN3O2/c13-9-1-2-10-11(5-9)18-12(15-10)16-14-6-8-3-4-17-7-8/h1-7H,(H,15,16)/b14-6-. The van der Waals surface area contributed by atoms with Gasteiger partial charge in [0.1, 0.15) is 5.52 Å². The summed E-state index contributed by atoms with van der Waals surface area (Å²) in [4.78, 5) is 4.20. The number of nitrogens with zero attached hydrogens (tertiary/aromatic N) is 2. The fourth-order valence-electron chi connectivity index (χ4n) is 1.46. The third kappa shape index (κ3) is 2.21. The van der Waals surface area contributed by atoms with Crippen LogP contribution in [-0.4, -0.2) is 11.2 Å². The molecule has 2 aromatic heterocycles. The molecule has 0 aliphatic rings. The molecular weight excluding hydrogens is 254 g/mol. The Morgan fingerprint density at radius 3 is 3.11 bits per heavy atom. The molecule has 3 aromatic rings. The minimum absolute atomic E-state index is 0.312. The Balaban J connectivity index is 1.79. The maximum atomic E-state index is 5.85. The zero-order valence-electron chi connectivity index (χ0n) is 9.13. The smallest absolute Gasteiger partial charge is 0.316 e. The molecule has 0 amide bonds. The number of furan rings is 1. The molecule has 6 heteroatoms. The van der Waals surface area contributed by atoms with Crippen molar-refractivity contribution in [2.45, 2.75) is 0 Å². The van der Waals surface area contributed by atoms with Gasteiger partial charge in [0, 0.05) is 16.7 Å². The van der Waals surface area contributed by atoms with Gasteiger partial charge in [-0.1, -0.05) is 11.6 Å². The van der Waals surface area contributed by atoms with E-state index in [1.54, 1.807) is 43.0 Å². The van der Waals surface area contributed by atoms with Crippen LogP contribution in [0.4, 0.5) is 6.01 Å². The largest absolute Gasteiger partial charge is 0.472 e. The molecule has 0 aliphatic carbocycles. The lowest BCUT2D eigenvalue weighted by molar-refractivity contribution is 0.567. The molecule has 2 heterocycles. The average Bonchev–Trinajstić information content (AvgIpc) is 2.97. The van der Waals surface area contributed by atoms with Gasteiger partial charge < -0.3 is 8.83 Å². The molecule has 18 heavy (non-hydrogen) atoms. The molecule has 3 rings (SSSR count). The molecule has 0 saturated heterocycles. The van der Waals surface area contributed by atoms with Crippen LogP contribution in [0.25, 0.3) is 11.1 Å². The average molecular weight is 262 g/mol. The Kier molecular flexibility index (Phi) is 2.74. The SMILES string of the molecule is Clc1ccc2nc(N/N=C\c3ccoc3)oc2c1. The Bertz CT molecular complexity index is 688. The van der Waals surface area contributed by atoms with E-state index in [1.165, 1.54) is 0 Å². The molecule has 0 atom stereocenters. The van der Waals surface area contributed by atoms with Gasteiger partial charge in [0.2, 0.25) is 0 Å². The van der Waals surface area contributed by atoms with Gasteiger partial charge in [-0.3, -0.25) is 0 Å². The third-order valence-corrected chi connectivity index (χ3v) is 2.50. The van der Waals surface area contributed by atoms with E-state index in [4.69, 9.17) is 20.4 Å². The molecule has 0 fully saturated rings. The molecule has 1 N–H and O–H groups in total. The van der Waals surface area contributed by atoms with Gasteiger partial charge in [0.25, 0.3) is 0 Å². The Hall–Kier alpha value is -2.27. The van der Waals surface area contributed by atoms with Crippen molar-refractivity contribution in [3.05, 3.63) is 47.4 Å². The van der Waals surface area contributed by atoms with Crippen LogP contribution in [0.1, 0.15) is 5.56 Å². The first-order valence-corrected chi connectivity index (χ1v) is 5.56. The van der Waals surface area contributed by atoms with E-state index in [0.717, 1.165) is 11.1 Å². The van der Waals surface area contributed by atoms with Crippen molar-refractivity contribution in [1.29, 1.82) is 0 Å². The zero-order chi connectivity index (χ0) is 12.4. The second kappa shape index (κ2) is 4.54. The number of aromatic nitrogens is 1. The highest BCUT2D eigenvalue weighted by Crippen LogP contribution is 2.22. The van der Waals surface area contributed by atoms with Crippen LogP contribution in [0, 0.1) is 0 Å². The zero-order valence-corrected chi connectivity index (χ0v) is 9.89. The fourth-order valence-corrected chi connectivity index (χ4v) is 1.62. The highest BCUT2D eigenvalue weighted by Gasteiger charge is 2.04. The number of rotatable bonds is 3. The van der Waals surface area contributed by atoms with Crippen LogP contribution >= 0.6 is 11.6 Å². The van der Waals surface area contributed by atoms with Gasteiger partial charge in [-0.05, 0) is 18.2 Å². The van der Waals surface area contributed by atoms with E-state index in [1.807, 2.05) is 0 Å². The number of oxazole rings is 1. The van der Waals surface area contributed by atoms with Gasteiger partial charge >= 0.3 is 6.01 Å². The van der Waals surface area contributed by atoms with Crippen molar-refractivity contribution in [3.8, 4) is 0 Å². The highest BCUT2D eigenvalue weighted by atomic mass is 35.5. The van der Waals surface area contributed by atoms with Crippen LogP contribution in [-0.2, 0) is 0 Å². The minimum atomic E-state index is 0.312. The second-order valence-corrected chi connectivity index (χ2v) is 3.99. The van der Waals surface area contributed by atoms with E-state index >= 15 is 0 Å². The lowest BCUT2D eigenvalue weighted by Gasteiger charge is -1.89. The van der Waals surface area contributed by atoms with E-state index in [9.17, 15) is 0 Å². The predicted molar refractivity (Wildman–Crippen MR) is 68.9 cm³/mol. The molecule has 5 nitrogen and oxygen atoms in total. The Morgan fingerprint density at radius 1 is 1.33 bits per heavy atom. The maximum Gasteiger partial charge on any atom is 0.316 e. The molecule has 0 radical (unpaired) electrons. The molecule has 1 aromatic carbocycles. The van der Waals surface area contributed by atoms with Gasteiger partial charge in [0.15, 0.2) is 5.58 Å². The molecule has 0 spiro atoms. The molecular formula is C12H8ClN3O2. The highest BCUT2D eigenvalue weighted by molar-refractivity contribution is 6.31. The number of fused-ring (bicyclic) bond motifs is 1. The molecule has 90 valence electrons. The van der Waals surface area contributed by atoms with Crippen LogP contribution in [0.3, 0.4) is 0 Å². The number of halogens is 1. The summed E-state index contributed by atoms with van der Waals surface area (Å²) in [6.07, 6.45) is 4.76. The summed E-state index contributed by atoms with van der Waals surface area (Å²) in [6.45, 7) is 0. The molecule has 0 bridgehead atoms. The van der Waals surface area contributed by atoms with E-state index in [-0.39, 0.29) is 0 Å². The van der Waals surface area contributed by atoms with Crippen molar-refractivity contribution in [2.75, 3.05) is 5.43 Å². The van der Waals surface area contributed by atoms with Gasteiger partial charge in [-0.2, -0.15) is 10.1 Å². The lowest BCUT2D eigenvalue weighted by Crippen LogP contribution is -1.89. The summed E-state index contributed by atoms with van der Waals surface area (Å²) in [5.41, 5.74) is 4.88. The molecule has 0 unspecified atom stereocenters. The first kappa shape index (κ1) is 10.9. The number of hydrazone groups is 1. The van der Waals surface area contributed by atoms with Crippen LogP contribution in [0.15, 0.2) is 50.7 Å². The monoisotopic (exact) mass is 261 g/mol. The summed E-state index contributed by atoms with van der Waals surface area (Å²) in [6, 6.07) is 7.34. The molecule has 0 aliphatic heterocycles. The van der Waals surface area contributed by atoms with Gasteiger partial charge in [-0.15, -0.1) is 0 Å². The Morgan fingerprint density at radius 2 is 2.28 bits per heavy atom. The Labute approximate surface area is 107 Å². The van der Waals surface area contributed by atoms with Crippen molar-refractivity contribution >= 4 is 34.9 Å². The summed E-state index contributed by atoms with van der Waals surface area (Å²) >= 11 is 5.85. The summed E-state index contributed by atoms with van der Waals surface area (Å²) in [5.74, 6) is 0. The first-order chi connectivity index (χ1) is 8.81. The maximum absolute atomic E-state index is 5.85. The topological polar surface area (TPSA) is 63.6 Å². The lowest BCUT2D eigenvalue weighted by atomic mass is 10.3. The second-order valence-electron chi connectivity index (χ2n) is 3.56. The van der Waals surface area contributed by atoms with Crippen molar-refractivity contribution in [2.24, 2.45) is 5.10 Å². The molecule has 0 saturated carbocycles. The normalized spacial score (nSPS) is 11.4. The number of hydrogen-bond acceptors (Lipinski definition) is 5. The quantitative estimate of drug-likeness (QED) is 0.579. The number of hydrogen-bond donors (Lipinski definition) is 1. The predicted octanol–water partition coefficient (Wildman–Crippen LogP) is 3.52. The number of nitrogens with one attached hydrogen (secondary N) is 1. The number of anilines is 1. The fraction of sp³-hybridized carbons (Fsp3) is 0. The van der Waals surface area contributed by atoms with E-state index < -0.39 is 0 Å². The van der Waals surface area contributed by atoms with Gasteiger partial charge in [0.05, 0.1) is 18.7 Å².